The van der Waals surface area contributed by atoms with Crippen molar-refractivity contribution in [3.63, 3.8) is 0 Å². The first-order valence-electron chi connectivity index (χ1n) is 8.71. The molecule has 0 amide bonds. The minimum Gasteiger partial charge on any atom is -0.406 e. The zero-order valence-corrected chi connectivity index (χ0v) is 14.8. The van der Waals surface area contributed by atoms with E-state index in [9.17, 15) is 13.2 Å². The number of ether oxygens (including phenoxy) is 1. The van der Waals surface area contributed by atoms with Gasteiger partial charge in [0.25, 0.3) is 0 Å². The van der Waals surface area contributed by atoms with Crippen LogP contribution in [-0.2, 0) is 6.42 Å². The molecule has 8 heteroatoms. The number of allylic oxidation sites excluding steroid dienone is 2. The van der Waals surface area contributed by atoms with Crippen LogP contribution in [0.25, 0.3) is 5.57 Å². The summed E-state index contributed by atoms with van der Waals surface area (Å²) in [5.74, 6) is 0.605. The van der Waals surface area contributed by atoms with Crippen molar-refractivity contribution in [1.29, 1.82) is 0 Å². The molecule has 28 heavy (non-hydrogen) atoms. The van der Waals surface area contributed by atoms with Gasteiger partial charge >= 0.3 is 6.36 Å². The lowest BCUT2D eigenvalue weighted by Crippen LogP contribution is -2.28. The van der Waals surface area contributed by atoms with Gasteiger partial charge in [-0.1, -0.05) is 18.2 Å². The van der Waals surface area contributed by atoms with Gasteiger partial charge in [0, 0.05) is 25.1 Å². The molecule has 4 rings (SSSR count). The molecule has 2 aliphatic heterocycles. The van der Waals surface area contributed by atoms with E-state index in [0.717, 1.165) is 35.5 Å². The van der Waals surface area contributed by atoms with Crippen molar-refractivity contribution in [3.05, 3.63) is 78.3 Å². The Hall–Kier alpha value is -3.29. The van der Waals surface area contributed by atoms with Crippen molar-refractivity contribution in [2.24, 2.45) is 5.10 Å². The Labute approximate surface area is 160 Å². The number of nitrogens with zero attached hydrogens (tertiary/aromatic N) is 4. The highest BCUT2D eigenvalue weighted by Gasteiger charge is 2.31. The van der Waals surface area contributed by atoms with Gasteiger partial charge in [0.2, 0.25) is 0 Å². The highest BCUT2D eigenvalue weighted by molar-refractivity contribution is 6.00. The third-order valence-corrected chi connectivity index (χ3v) is 4.36. The Morgan fingerprint density at radius 2 is 1.89 bits per heavy atom. The molecule has 1 aromatic heterocycles. The molecule has 0 saturated heterocycles. The molecule has 0 radical (unpaired) electrons. The fraction of sp³-hybridized carbons (Fsp3) is 0.200. The predicted octanol–water partition coefficient (Wildman–Crippen LogP) is 4.02. The first kappa shape index (κ1) is 18.1. The molecule has 5 nitrogen and oxygen atoms in total. The number of hydrogen-bond donors (Lipinski definition) is 0. The highest BCUT2D eigenvalue weighted by atomic mass is 19.4. The van der Waals surface area contributed by atoms with Crippen LogP contribution < -0.4 is 4.74 Å². The Bertz CT molecular complexity index is 921. The standard InChI is InChI=1S/C20H17F3N4O/c21-20(22,23)28-18-6-3-16(4-7-18)17-5-8-19-25-27(14-26(19)13-17)11-9-15-2-1-10-24-12-15/h1-8,10,12-13H,9,11,14H2. The first-order valence-corrected chi connectivity index (χ1v) is 8.71. The fourth-order valence-electron chi connectivity index (χ4n) is 3.04. The van der Waals surface area contributed by atoms with Crippen LogP contribution in [0.15, 0.2) is 72.2 Å². The SMILES string of the molecule is FC(F)(F)Oc1ccc(C2=CN3CN(CCc4cccnc4)N=C3C=C2)cc1. The lowest BCUT2D eigenvalue weighted by molar-refractivity contribution is -0.274. The summed E-state index contributed by atoms with van der Waals surface area (Å²) in [6.45, 7) is 1.39. The molecule has 0 atom stereocenters. The van der Waals surface area contributed by atoms with E-state index in [1.807, 2.05) is 46.6 Å². The van der Waals surface area contributed by atoms with E-state index < -0.39 is 6.36 Å². The minimum absolute atomic E-state index is 0.235. The normalized spacial score (nSPS) is 16.0. The number of rotatable bonds is 5. The molecule has 2 aliphatic rings. The third-order valence-electron chi connectivity index (χ3n) is 4.36. The summed E-state index contributed by atoms with van der Waals surface area (Å²) >= 11 is 0. The van der Waals surface area contributed by atoms with Crippen molar-refractivity contribution in [3.8, 4) is 5.75 Å². The molecule has 0 spiro atoms. The summed E-state index contributed by atoms with van der Waals surface area (Å²) in [6, 6.07) is 9.78. The second-order valence-corrected chi connectivity index (χ2v) is 6.40. The molecule has 0 unspecified atom stereocenters. The highest BCUT2D eigenvalue weighted by Crippen LogP contribution is 2.27. The molecule has 0 bridgehead atoms. The Balaban J connectivity index is 1.39. The van der Waals surface area contributed by atoms with Gasteiger partial charge in [-0.15, -0.1) is 13.2 Å². The van der Waals surface area contributed by atoms with Gasteiger partial charge in [-0.3, -0.25) is 9.99 Å². The topological polar surface area (TPSA) is 41.0 Å². The van der Waals surface area contributed by atoms with Crippen molar-refractivity contribution in [1.82, 2.24) is 14.9 Å². The number of hydrazone groups is 1. The molecule has 0 aliphatic carbocycles. The van der Waals surface area contributed by atoms with Crippen molar-refractivity contribution < 1.29 is 17.9 Å². The van der Waals surface area contributed by atoms with Gasteiger partial charge in [-0.05, 0) is 53.5 Å². The van der Waals surface area contributed by atoms with E-state index in [2.05, 4.69) is 14.8 Å². The number of hydrogen-bond acceptors (Lipinski definition) is 5. The lowest BCUT2D eigenvalue weighted by atomic mass is 10.0. The molecule has 0 fully saturated rings. The molecular weight excluding hydrogens is 369 g/mol. The lowest BCUT2D eigenvalue weighted by Gasteiger charge is -2.20. The number of alkyl halides is 3. The van der Waals surface area contributed by atoms with Gasteiger partial charge in [-0.25, -0.2) is 0 Å². The Morgan fingerprint density at radius 3 is 2.61 bits per heavy atom. The van der Waals surface area contributed by atoms with E-state index in [-0.39, 0.29) is 5.75 Å². The number of pyridine rings is 1. The summed E-state index contributed by atoms with van der Waals surface area (Å²) < 4.78 is 40.7. The van der Waals surface area contributed by atoms with Crippen LogP contribution in [0.3, 0.4) is 0 Å². The van der Waals surface area contributed by atoms with E-state index >= 15 is 0 Å². The van der Waals surface area contributed by atoms with Crippen molar-refractivity contribution in [2.45, 2.75) is 12.8 Å². The molecular formula is C20H17F3N4O. The average molecular weight is 386 g/mol. The summed E-state index contributed by atoms with van der Waals surface area (Å²) in [6.07, 6.45) is 5.51. The largest absolute Gasteiger partial charge is 0.573 e. The minimum atomic E-state index is -4.69. The number of halogens is 3. The maximum absolute atomic E-state index is 12.3. The number of fused-ring (bicyclic) bond motifs is 1. The van der Waals surface area contributed by atoms with E-state index in [1.165, 1.54) is 12.1 Å². The van der Waals surface area contributed by atoms with E-state index in [4.69, 9.17) is 0 Å². The summed E-state index contributed by atoms with van der Waals surface area (Å²) in [7, 11) is 0. The van der Waals surface area contributed by atoms with E-state index in [1.54, 1.807) is 18.3 Å². The third kappa shape index (κ3) is 4.33. The van der Waals surface area contributed by atoms with Gasteiger partial charge in [0.1, 0.15) is 12.4 Å². The van der Waals surface area contributed by atoms with E-state index in [0.29, 0.717) is 6.67 Å². The molecule has 1 aromatic carbocycles. The molecule has 0 N–H and O–H groups in total. The summed E-state index contributed by atoms with van der Waals surface area (Å²) in [5.41, 5.74) is 2.85. The summed E-state index contributed by atoms with van der Waals surface area (Å²) in [4.78, 5) is 6.13. The molecule has 2 aromatic rings. The maximum atomic E-state index is 12.3. The van der Waals surface area contributed by atoms with Gasteiger partial charge in [0.15, 0.2) is 5.84 Å². The van der Waals surface area contributed by atoms with Crippen molar-refractivity contribution in [2.75, 3.05) is 13.2 Å². The van der Waals surface area contributed by atoms with Gasteiger partial charge < -0.3 is 9.64 Å². The van der Waals surface area contributed by atoms with Crippen LogP contribution >= 0.6 is 0 Å². The number of aromatic nitrogens is 1. The average Bonchev–Trinajstić information content (AvgIpc) is 3.09. The van der Waals surface area contributed by atoms with Crippen LogP contribution in [0.5, 0.6) is 5.75 Å². The second-order valence-electron chi connectivity index (χ2n) is 6.40. The monoisotopic (exact) mass is 386 g/mol. The zero-order chi connectivity index (χ0) is 19.6. The first-order chi connectivity index (χ1) is 13.5. The second kappa shape index (κ2) is 7.38. The van der Waals surface area contributed by atoms with Crippen molar-refractivity contribution >= 4 is 11.4 Å². The summed E-state index contributed by atoms with van der Waals surface area (Å²) in [5, 5.41) is 6.57. The van der Waals surface area contributed by atoms with Gasteiger partial charge in [-0.2, -0.15) is 5.10 Å². The molecule has 0 saturated carbocycles. The smallest absolute Gasteiger partial charge is 0.406 e. The molecule has 144 valence electrons. The number of amidine groups is 1. The van der Waals surface area contributed by atoms with Gasteiger partial charge in [0.05, 0.1) is 0 Å². The predicted molar refractivity (Wildman–Crippen MR) is 99.0 cm³/mol. The van der Waals surface area contributed by atoms with Crippen LogP contribution in [0.4, 0.5) is 13.2 Å². The van der Waals surface area contributed by atoms with Crippen LogP contribution in [0, 0.1) is 0 Å². The van der Waals surface area contributed by atoms with Crippen LogP contribution in [-0.4, -0.2) is 40.3 Å². The molecule has 3 heterocycles. The van der Waals surface area contributed by atoms with Crippen LogP contribution in [0.2, 0.25) is 0 Å². The van der Waals surface area contributed by atoms with Crippen LogP contribution in [0.1, 0.15) is 11.1 Å². The Morgan fingerprint density at radius 1 is 1.07 bits per heavy atom. The fourth-order valence-corrected chi connectivity index (χ4v) is 3.04. The Kier molecular flexibility index (Phi) is 4.77. The quantitative estimate of drug-likeness (QED) is 0.778. The number of benzene rings is 1. The maximum Gasteiger partial charge on any atom is 0.573 e. The zero-order valence-electron chi connectivity index (χ0n) is 14.8.